The van der Waals surface area contributed by atoms with E-state index in [1.807, 2.05) is 13.0 Å². The van der Waals surface area contributed by atoms with Crippen LogP contribution < -0.4 is 0 Å². The normalized spacial score (nSPS) is 9.50. The topological polar surface area (TPSA) is 23.8 Å². The zero-order valence-electron chi connectivity index (χ0n) is 6.56. The summed E-state index contributed by atoms with van der Waals surface area (Å²) in [6, 6.07) is 5.61. The Bertz CT molecular complexity index is 339. The molecule has 1 rings (SSSR count). The van der Waals surface area contributed by atoms with Crippen molar-refractivity contribution in [2.24, 2.45) is 0 Å². The highest BCUT2D eigenvalue weighted by molar-refractivity contribution is 6.42. The minimum Gasteiger partial charge on any atom is -0.198 e. The number of nitrogens with zero attached hydrogens (tertiary/aromatic N) is 1. The maximum atomic E-state index is 8.48. The highest BCUT2D eigenvalue weighted by Gasteiger charge is 2.05. The SMILES string of the molecule is Cc1c(CC#N)ccc(Cl)c1Cl. The summed E-state index contributed by atoms with van der Waals surface area (Å²) < 4.78 is 0. The van der Waals surface area contributed by atoms with Gasteiger partial charge in [0.1, 0.15) is 0 Å². The monoisotopic (exact) mass is 199 g/mol. The fourth-order valence-corrected chi connectivity index (χ4v) is 1.36. The molecule has 0 aliphatic rings. The molecule has 0 radical (unpaired) electrons. The van der Waals surface area contributed by atoms with Crippen LogP contribution in [-0.4, -0.2) is 0 Å². The van der Waals surface area contributed by atoms with Gasteiger partial charge in [0.25, 0.3) is 0 Å². The van der Waals surface area contributed by atoms with Crippen molar-refractivity contribution in [3.63, 3.8) is 0 Å². The number of benzene rings is 1. The van der Waals surface area contributed by atoms with Crippen molar-refractivity contribution in [3.8, 4) is 6.07 Å². The molecule has 0 aromatic heterocycles. The molecule has 0 aliphatic heterocycles. The van der Waals surface area contributed by atoms with Crippen LogP contribution in [0.4, 0.5) is 0 Å². The summed E-state index contributed by atoms with van der Waals surface area (Å²) in [6.45, 7) is 1.86. The molecule has 1 nitrogen and oxygen atoms in total. The lowest BCUT2D eigenvalue weighted by molar-refractivity contribution is 1.21. The molecule has 12 heavy (non-hydrogen) atoms. The van der Waals surface area contributed by atoms with Crippen LogP contribution in [0.1, 0.15) is 11.1 Å². The van der Waals surface area contributed by atoms with Crippen LogP contribution in [0.5, 0.6) is 0 Å². The van der Waals surface area contributed by atoms with Gasteiger partial charge in [0.15, 0.2) is 0 Å². The molecule has 1 aromatic carbocycles. The first-order valence-electron chi connectivity index (χ1n) is 3.47. The molecule has 0 unspecified atom stereocenters. The van der Waals surface area contributed by atoms with E-state index < -0.39 is 0 Å². The Morgan fingerprint density at radius 3 is 2.67 bits per heavy atom. The van der Waals surface area contributed by atoms with Gasteiger partial charge in [-0.05, 0) is 24.1 Å². The van der Waals surface area contributed by atoms with Crippen LogP contribution in [-0.2, 0) is 6.42 Å². The van der Waals surface area contributed by atoms with Crippen molar-refractivity contribution in [2.75, 3.05) is 0 Å². The van der Waals surface area contributed by atoms with Gasteiger partial charge in [-0.15, -0.1) is 0 Å². The summed E-state index contributed by atoms with van der Waals surface area (Å²) in [6.07, 6.45) is 0.378. The summed E-state index contributed by atoms with van der Waals surface area (Å²) in [5.74, 6) is 0. The Hall–Kier alpha value is -0.710. The van der Waals surface area contributed by atoms with Gasteiger partial charge in [0.05, 0.1) is 22.5 Å². The van der Waals surface area contributed by atoms with Gasteiger partial charge in [-0.2, -0.15) is 5.26 Å². The first-order valence-corrected chi connectivity index (χ1v) is 4.23. The molecule has 0 spiro atoms. The second-order valence-electron chi connectivity index (χ2n) is 2.48. The highest BCUT2D eigenvalue weighted by atomic mass is 35.5. The third-order valence-electron chi connectivity index (χ3n) is 1.72. The standard InChI is InChI=1S/C9H7Cl2N/c1-6-7(4-5-12)2-3-8(10)9(6)11/h2-3H,4H2,1H3. The first kappa shape index (κ1) is 9.38. The van der Waals surface area contributed by atoms with Crippen molar-refractivity contribution in [1.82, 2.24) is 0 Å². The van der Waals surface area contributed by atoms with E-state index >= 15 is 0 Å². The summed E-state index contributed by atoms with van der Waals surface area (Å²) in [5, 5.41) is 9.56. The quantitative estimate of drug-likeness (QED) is 0.681. The molecule has 0 saturated heterocycles. The fourth-order valence-electron chi connectivity index (χ4n) is 0.969. The summed E-state index contributed by atoms with van der Waals surface area (Å²) in [7, 11) is 0. The molecule has 1 aromatic rings. The van der Waals surface area contributed by atoms with Gasteiger partial charge in [0, 0.05) is 0 Å². The van der Waals surface area contributed by atoms with Gasteiger partial charge in [-0.1, -0.05) is 29.3 Å². The van der Waals surface area contributed by atoms with E-state index in [4.69, 9.17) is 28.5 Å². The molecule has 62 valence electrons. The van der Waals surface area contributed by atoms with E-state index in [-0.39, 0.29) is 0 Å². The lowest BCUT2D eigenvalue weighted by atomic mass is 10.1. The Kier molecular flexibility index (Phi) is 2.97. The van der Waals surface area contributed by atoms with E-state index in [1.54, 1.807) is 6.07 Å². The molecule has 0 bridgehead atoms. The number of rotatable bonds is 1. The third-order valence-corrected chi connectivity index (χ3v) is 2.62. The van der Waals surface area contributed by atoms with E-state index in [0.29, 0.717) is 16.5 Å². The van der Waals surface area contributed by atoms with Crippen molar-refractivity contribution < 1.29 is 0 Å². The molecule has 0 amide bonds. The fraction of sp³-hybridized carbons (Fsp3) is 0.222. The predicted octanol–water partition coefficient (Wildman–Crippen LogP) is 3.37. The van der Waals surface area contributed by atoms with Crippen molar-refractivity contribution >= 4 is 23.2 Å². The van der Waals surface area contributed by atoms with Crippen LogP contribution in [0.15, 0.2) is 12.1 Å². The molecule has 0 heterocycles. The zero-order chi connectivity index (χ0) is 9.14. The first-order chi connectivity index (χ1) is 5.66. The number of hydrogen-bond donors (Lipinski definition) is 0. The molecule has 0 atom stereocenters. The van der Waals surface area contributed by atoms with Crippen molar-refractivity contribution in [3.05, 3.63) is 33.3 Å². The van der Waals surface area contributed by atoms with E-state index in [2.05, 4.69) is 6.07 Å². The van der Waals surface area contributed by atoms with Gasteiger partial charge in [0.2, 0.25) is 0 Å². The second-order valence-corrected chi connectivity index (χ2v) is 3.27. The van der Waals surface area contributed by atoms with Gasteiger partial charge >= 0.3 is 0 Å². The average molecular weight is 200 g/mol. The van der Waals surface area contributed by atoms with Crippen LogP contribution in [0, 0.1) is 18.3 Å². The van der Waals surface area contributed by atoms with Gasteiger partial charge in [-0.3, -0.25) is 0 Å². The summed E-state index contributed by atoms with van der Waals surface area (Å²) in [5.41, 5.74) is 1.83. The minimum atomic E-state index is 0.378. The lowest BCUT2D eigenvalue weighted by Gasteiger charge is -2.04. The van der Waals surface area contributed by atoms with E-state index in [1.165, 1.54) is 0 Å². The average Bonchev–Trinajstić information content (AvgIpc) is 2.07. The van der Waals surface area contributed by atoms with Crippen molar-refractivity contribution in [1.29, 1.82) is 5.26 Å². The van der Waals surface area contributed by atoms with Crippen LogP contribution in [0.2, 0.25) is 10.0 Å². The van der Waals surface area contributed by atoms with E-state index in [9.17, 15) is 0 Å². The summed E-state index contributed by atoms with van der Waals surface area (Å²) >= 11 is 11.6. The molecular weight excluding hydrogens is 193 g/mol. The highest BCUT2D eigenvalue weighted by Crippen LogP contribution is 2.27. The minimum absolute atomic E-state index is 0.378. The number of halogens is 2. The number of hydrogen-bond acceptors (Lipinski definition) is 1. The number of nitriles is 1. The molecule has 0 fully saturated rings. The van der Waals surface area contributed by atoms with Crippen LogP contribution in [0.3, 0.4) is 0 Å². The smallest absolute Gasteiger partial charge is 0.0669 e. The third kappa shape index (κ3) is 1.72. The zero-order valence-corrected chi connectivity index (χ0v) is 8.08. The van der Waals surface area contributed by atoms with Crippen molar-refractivity contribution in [2.45, 2.75) is 13.3 Å². The lowest BCUT2D eigenvalue weighted by Crippen LogP contribution is -1.88. The second kappa shape index (κ2) is 3.80. The maximum Gasteiger partial charge on any atom is 0.0669 e. The molecule has 0 saturated carbocycles. The van der Waals surface area contributed by atoms with E-state index in [0.717, 1.165) is 11.1 Å². The summed E-state index contributed by atoms with van der Waals surface area (Å²) in [4.78, 5) is 0. The predicted molar refractivity (Wildman–Crippen MR) is 50.5 cm³/mol. The molecular formula is C9H7Cl2N. The van der Waals surface area contributed by atoms with Crippen LogP contribution in [0.25, 0.3) is 0 Å². The van der Waals surface area contributed by atoms with Gasteiger partial charge in [-0.25, -0.2) is 0 Å². The molecule has 3 heteroatoms. The largest absolute Gasteiger partial charge is 0.198 e. The Morgan fingerprint density at radius 1 is 1.42 bits per heavy atom. The molecule has 0 aliphatic carbocycles. The molecule has 0 N–H and O–H groups in total. The maximum absolute atomic E-state index is 8.48. The van der Waals surface area contributed by atoms with Gasteiger partial charge < -0.3 is 0 Å². The Labute approximate surface area is 81.5 Å². The Morgan fingerprint density at radius 2 is 2.08 bits per heavy atom. The Balaban J connectivity index is 3.19. The van der Waals surface area contributed by atoms with Crippen LogP contribution >= 0.6 is 23.2 Å².